The van der Waals surface area contributed by atoms with Crippen LogP contribution in [0.3, 0.4) is 0 Å². The fourth-order valence-corrected chi connectivity index (χ4v) is 5.12. The number of halogens is 3. The minimum atomic E-state index is -3.27. The predicted octanol–water partition coefficient (Wildman–Crippen LogP) is 4.86. The van der Waals surface area contributed by atoms with Gasteiger partial charge in [-0.1, -0.05) is 18.2 Å². The SMILES string of the molecule is COc1ccc(OC[C@H](C)NCCCF)cc1C1c2[nH]c3ccccc3c2C[C@@H](C)N1CC(F)(F)CO. The Morgan fingerprint density at radius 1 is 1.24 bits per heavy atom. The number of nitrogens with zero attached hydrogens (tertiary/aromatic N) is 1. The van der Waals surface area contributed by atoms with Crippen molar-refractivity contribution < 1.29 is 27.8 Å². The summed E-state index contributed by atoms with van der Waals surface area (Å²) in [4.78, 5) is 5.22. The highest BCUT2D eigenvalue weighted by molar-refractivity contribution is 5.85. The number of benzene rings is 2. The van der Waals surface area contributed by atoms with Crippen LogP contribution in [0.2, 0.25) is 0 Å². The van der Waals surface area contributed by atoms with Gasteiger partial charge in [-0.3, -0.25) is 9.29 Å². The number of nitrogens with one attached hydrogen (secondary N) is 2. The zero-order valence-electron chi connectivity index (χ0n) is 21.6. The number of ether oxygens (including phenoxy) is 2. The van der Waals surface area contributed by atoms with Crippen molar-refractivity contribution in [2.75, 3.05) is 40.1 Å². The molecular formula is C28H36F3N3O3. The van der Waals surface area contributed by atoms with Gasteiger partial charge in [-0.2, -0.15) is 0 Å². The third kappa shape index (κ3) is 6.05. The van der Waals surface area contributed by atoms with Crippen molar-refractivity contribution in [3.8, 4) is 11.5 Å². The second kappa shape index (κ2) is 11.8. The number of hydrogen-bond acceptors (Lipinski definition) is 5. The molecule has 1 aliphatic rings. The number of hydrogen-bond donors (Lipinski definition) is 3. The molecular weight excluding hydrogens is 483 g/mol. The monoisotopic (exact) mass is 519 g/mol. The molecule has 0 radical (unpaired) electrons. The lowest BCUT2D eigenvalue weighted by Gasteiger charge is -2.42. The summed E-state index contributed by atoms with van der Waals surface area (Å²) in [6.07, 6.45) is 1.04. The average Bonchev–Trinajstić information content (AvgIpc) is 3.25. The predicted molar refractivity (Wildman–Crippen MR) is 139 cm³/mol. The van der Waals surface area contributed by atoms with Crippen molar-refractivity contribution >= 4 is 10.9 Å². The van der Waals surface area contributed by atoms with Crippen LogP contribution >= 0.6 is 0 Å². The zero-order chi connectivity index (χ0) is 26.6. The molecule has 3 atom stereocenters. The van der Waals surface area contributed by atoms with E-state index in [0.29, 0.717) is 43.1 Å². The first kappa shape index (κ1) is 27.3. The van der Waals surface area contributed by atoms with Gasteiger partial charge >= 0.3 is 0 Å². The fourth-order valence-electron chi connectivity index (χ4n) is 5.12. The maximum absolute atomic E-state index is 14.6. The third-order valence-corrected chi connectivity index (χ3v) is 6.96. The van der Waals surface area contributed by atoms with Crippen molar-refractivity contribution in [3.63, 3.8) is 0 Å². The molecule has 0 spiro atoms. The lowest BCUT2D eigenvalue weighted by Crippen LogP contribution is -2.49. The first-order chi connectivity index (χ1) is 17.8. The van der Waals surface area contributed by atoms with E-state index < -0.39 is 25.1 Å². The normalized spacial score (nSPS) is 19.1. The Bertz CT molecular complexity index is 1190. The summed E-state index contributed by atoms with van der Waals surface area (Å²) >= 11 is 0. The van der Waals surface area contributed by atoms with Crippen LogP contribution in [0.15, 0.2) is 42.5 Å². The lowest BCUT2D eigenvalue weighted by atomic mass is 9.87. The van der Waals surface area contributed by atoms with Crippen LogP contribution in [0.5, 0.6) is 11.5 Å². The maximum atomic E-state index is 14.6. The molecule has 0 saturated heterocycles. The van der Waals surface area contributed by atoms with E-state index >= 15 is 0 Å². The van der Waals surface area contributed by atoms with E-state index in [1.165, 1.54) is 0 Å². The molecule has 6 nitrogen and oxygen atoms in total. The Morgan fingerprint density at radius 2 is 2.03 bits per heavy atom. The highest BCUT2D eigenvalue weighted by Gasteiger charge is 2.42. The minimum Gasteiger partial charge on any atom is -0.496 e. The molecule has 0 amide bonds. The number of para-hydroxylation sites is 1. The Balaban J connectivity index is 1.74. The molecule has 0 bridgehead atoms. The highest BCUT2D eigenvalue weighted by Crippen LogP contribution is 2.45. The van der Waals surface area contributed by atoms with Gasteiger partial charge in [0.1, 0.15) is 24.7 Å². The second-order valence-electron chi connectivity index (χ2n) is 9.82. The molecule has 2 aromatic carbocycles. The number of H-pyrrole nitrogens is 1. The number of methoxy groups -OCH3 is 1. The first-order valence-electron chi connectivity index (χ1n) is 12.7. The highest BCUT2D eigenvalue weighted by atomic mass is 19.3. The van der Waals surface area contributed by atoms with Crippen LogP contribution in [0.25, 0.3) is 10.9 Å². The van der Waals surface area contributed by atoms with Gasteiger partial charge in [0.15, 0.2) is 0 Å². The average molecular weight is 520 g/mol. The molecule has 1 aromatic heterocycles. The molecule has 4 rings (SSSR count). The van der Waals surface area contributed by atoms with Crippen molar-refractivity contribution in [1.82, 2.24) is 15.2 Å². The number of alkyl halides is 3. The number of aromatic amines is 1. The van der Waals surface area contributed by atoms with E-state index in [4.69, 9.17) is 9.47 Å². The van der Waals surface area contributed by atoms with Gasteiger partial charge in [-0.25, -0.2) is 8.78 Å². The van der Waals surface area contributed by atoms with Crippen molar-refractivity contribution in [2.24, 2.45) is 0 Å². The second-order valence-corrected chi connectivity index (χ2v) is 9.82. The van der Waals surface area contributed by atoms with Crippen LogP contribution in [0.4, 0.5) is 13.2 Å². The van der Waals surface area contributed by atoms with Gasteiger partial charge in [0.25, 0.3) is 5.92 Å². The zero-order valence-corrected chi connectivity index (χ0v) is 21.6. The molecule has 1 aliphatic heterocycles. The number of aromatic nitrogens is 1. The largest absolute Gasteiger partial charge is 0.496 e. The van der Waals surface area contributed by atoms with Crippen LogP contribution in [0, 0.1) is 0 Å². The van der Waals surface area contributed by atoms with Gasteiger partial charge in [0, 0.05) is 34.2 Å². The number of aliphatic hydroxyl groups excluding tert-OH is 1. The van der Waals surface area contributed by atoms with Crippen molar-refractivity contribution in [2.45, 2.75) is 50.7 Å². The third-order valence-electron chi connectivity index (χ3n) is 6.96. The van der Waals surface area contributed by atoms with Crippen LogP contribution < -0.4 is 14.8 Å². The van der Waals surface area contributed by atoms with E-state index in [-0.39, 0.29) is 18.8 Å². The molecule has 3 aromatic rings. The first-order valence-corrected chi connectivity index (χ1v) is 12.7. The van der Waals surface area contributed by atoms with Gasteiger partial charge in [-0.05, 0) is 63.1 Å². The Kier molecular flexibility index (Phi) is 8.67. The molecule has 9 heteroatoms. The Labute approximate surface area is 215 Å². The van der Waals surface area contributed by atoms with E-state index in [9.17, 15) is 18.3 Å². The van der Waals surface area contributed by atoms with Gasteiger partial charge < -0.3 is 24.9 Å². The van der Waals surface area contributed by atoms with Gasteiger partial charge in [0.2, 0.25) is 0 Å². The van der Waals surface area contributed by atoms with Crippen LogP contribution in [-0.4, -0.2) is 73.1 Å². The molecule has 37 heavy (non-hydrogen) atoms. The summed E-state index contributed by atoms with van der Waals surface area (Å²) in [7, 11) is 1.56. The molecule has 0 saturated carbocycles. The smallest absolute Gasteiger partial charge is 0.283 e. The summed E-state index contributed by atoms with van der Waals surface area (Å²) in [6.45, 7) is 2.62. The minimum absolute atomic E-state index is 0.00635. The summed E-state index contributed by atoms with van der Waals surface area (Å²) in [6, 6.07) is 12.6. The maximum Gasteiger partial charge on any atom is 0.283 e. The lowest BCUT2D eigenvalue weighted by molar-refractivity contribution is -0.0866. The quantitative estimate of drug-likeness (QED) is 0.298. The number of rotatable bonds is 12. The Hall–Kier alpha value is -2.75. The van der Waals surface area contributed by atoms with E-state index in [1.807, 2.05) is 44.2 Å². The van der Waals surface area contributed by atoms with Crippen molar-refractivity contribution in [3.05, 3.63) is 59.3 Å². The van der Waals surface area contributed by atoms with E-state index in [2.05, 4.69) is 10.3 Å². The van der Waals surface area contributed by atoms with Crippen molar-refractivity contribution in [1.29, 1.82) is 0 Å². The molecule has 0 aliphatic carbocycles. The van der Waals surface area contributed by atoms with E-state index in [1.54, 1.807) is 24.1 Å². The van der Waals surface area contributed by atoms with Crippen LogP contribution in [0.1, 0.15) is 43.1 Å². The molecule has 1 unspecified atom stereocenters. The standard InChI is InChI=1S/C28H36F3N3O3/c1-18(32-12-6-11-29)15-37-20-9-10-25(36-3)23(14-20)27-26-22(21-7-4-5-8-24(21)33-26)13-19(2)34(27)16-28(30,31)17-35/h4-5,7-10,14,18-19,27,32-33,35H,6,11-13,15-17H2,1-3H3/t18-,19+,27?/m0/s1. The summed E-state index contributed by atoms with van der Waals surface area (Å²) in [5.74, 6) is -2.12. The number of fused-ring (bicyclic) bond motifs is 3. The topological polar surface area (TPSA) is 69.8 Å². The Morgan fingerprint density at radius 3 is 2.76 bits per heavy atom. The number of aliphatic hydroxyl groups is 1. The fraction of sp³-hybridized carbons (Fsp3) is 0.500. The van der Waals surface area contributed by atoms with Gasteiger partial charge in [-0.15, -0.1) is 0 Å². The van der Waals surface area contributed by atoms with Gasteiger partial charge in [0.05, 0.1) is 26.4 Å². The summed E-state index contributed by atoms with van der Waals surface area (Å²) in [5, 5.41) is 13.7. The summed E-state index contributed by atoms with van der Waals surface area (Å²) < 4.78 is 53.3. The molecule has 3 N–H and O–H groups in total. The molecule has 2 heterocycles. The molecule has 0 fully saturated rings. The summed E-state index contributed by atoms with van der Waals surface area (Å²) in [5.41, 5.74) is 3.58. The van der Waals surface area contributed by atoms with Crippen LogP contribution in [-0.2, 0) is 6.42 Å². The van der Waals surface area contributed by atoms with E-state index in [0.717, 1.165) is 22.2 Å². The molecule has 202 valence electrons.